The van der Waals surface area contributed by atoms with Crippen molar-refractivity contribution in [2.75, 3.05) is 26.7 Å². The maximum absolute atomic E-state index is 4.93. The number of hydrogen-bond donors (Lipinski definition) is 3. The highest BCUT2D eigenvalue weighted by atomic mass is 15.1. The Labute approximate surface area is 423 Å². The second-order valence-electron chi connectivity index (χ2n) is 18.9. The third-order valence-corrected chi connectivity index (χ3v) is 14.2. The summed E-state index contributed by atoms with van der Waals surface area (Å²) in [5.74, 6) is 0. The molecule has 0 saturated heterocycles. The Kier molecular flexibility index (Phi) is 11.2. The average molecular weight is 944 g/mol. The summed E-state index contributed by atoms with van der Waals surface area (Å²) in [5, 5.41) is 17.8. The molecule has 0 amide bonds. The number of rotatable bonds is 9. The van der Waals surface area contributed by atoms with Crippen molar-refractivity contribution in [3.63, 3.8) is 0 Å². The van der Waals surface area contributed by atoms with Gasteiger partial charge in [-0.1, -0.05) is 109 Å². The molecule has 9 aromatic rings. The number of likely N-dealkylation sites (N-methyl/N-ethyl adjacent to an activating group) is 1. The second-order valence-corrected chi connectivity index (χ2v) is 18.9. The molecule has 73 heavy (non-hydrogen) atoms. The fourth-order valence-electron chi connectivity index (χ4n) is 10.2. The van der Waals surface area contributed by atoms with Gasteiger partial charge in [-0.2, -0.15) is 0 Å². The average Bonchev–Trinajstić information content (AvgIpc) is 3.47. The van der Waals surface area contributed by atoms with Crippen LogP contribution in [0.1, 0.15) is 11.1 Å². The lowest BCUT2D eigenvalue weighted by Crippen LogP contribution is -2.36. The lowest BCUT2D eigenvalue weighted by molar-refractivity contribution is 0.507. The number of benzene rings is 4. The molecule has 1 atom stereocenters. The summed E-state index contributed by atoms with van der Waals surface area (Å²) in [6, 6.07) is 41.3. The third-order valence-electron chi connectivity index (χ3n) is 14.2. The molecule has 0 saturated carbocycles. The Bertz CT molecular complexity index is 3880. The number of aromatic nitrogens is 5. The monoisotopic (exact) mass is 943 g/mol. The fourth-order valence-corrected chi connectivity index (χ4v) is 10.2. The highest BCUT2D eigenvalue weighted by Gasteiger charge is 2.19. The highest BCUT2D eigenvalue weighted by molar-refractivity contribution is 6.26. The number of allylic oxidation sites excluding steroid dienone is 7. The van der Waals surface area contributed by atoms with Crippen molar-refractivity contribution in [1.29, 1.82) is 0 Å². The summed E-state index contributed by atoms with van der Waals surface area (Å²) < 4.78 is 0. The van der Waals surface area contributed by atoms with Crippen molar-refractivity contribution < 1.29 is 0 Å². The summed E-state index contributed by atoms with van der Waals surface area (Å²) in [7, 11) is 2.08. The van der Waals surface area contributed by atoms with Crippen molar-refractivity contribution in [3.8, 4) is 56.2 Å². The molecule has 13 rings (SSSR count). The SMILES string of the molecule is CN1C=C(c2ccc(-c3ccc(-c4ccc5c6cc(C7=CNC(C8=CC=C(C9=CNCC=C9)CN8)C=C7)ccc6c6cc(-c7ccc(-c8ccc(-c9cccnc9)cn8)nc7)ccc6c5c4)cn3)nc2)C=CC1. The molecule has 1 unspecified atom stereocenters. The van der Waals surface area contributed by atoms with Crippen LogP contribution in [-0.4, -0.2) is 62.5 Å². The van der Waals surface area contributed by atoms with E-state index in [4.69, 9.17) is 19.9 Å². The van der Waals surface area contributed by atoms with E-state index in [0.29, 0.717) is 0 Å². The first-order valence-electron chi connectivity index (χ1n) is 24.7. The van der Waals surface area contributed by atoms with Crippen LogP contribution in [0.3, 0.4) is 0 Å². The van der Waals surface area contributed by atoms with Crippen molar-refractivity contribution in [2.45, 2.75) is 6.04 Å². The predicted octanol–water partition coefficient (Wildman–Crippen LogP) is 12.6. The van der Waals surface area contributed by atoms with Crippen molar-refractivity contribution in [1.82, 2.24) is 45.8 Å². The number of nitrogens with one attached hydrogen (secondary N) is 3. The van der Waals surface area contributed by atoms with Crippen LogP contribution in [0.4, 0.5) is 0 Å². The lowest BCUT2D eigenvalue weighted by Gasteiger charge is -2.26. The van der Waals surface area contributed by atoms with Crippen molar-refractivity contribution >= 4 is 43.5 Å². The van der Waals surface area contributed by atoms with Crippen LogP contribution in [-0.2, 0) is 0 Å². The van der Waals surface area contributed by atoms with Gasteiger partial charge in [0, 0.05) is 116 Å². The maximum Gasteiger partial charge on any atom is 0.0886 e. The summed E-state index contributed by atoms with van der Waals surface area (Å²) in [6.07, 6.45) is 35.3. The van der Waals surface area contributed by atoms with Crippen LogP contribution < -0.4 is 16.0 Å². The molecule has 0 radical (unpaired) electrons. The second kappa shape index (κ2) is 18.7. The Morgan fingerprint density at radius 1 is 0.493 bits per heavy atom. The fraction of sp³-hybridized carbons (Fsp3) is 0.0781. The Balaban J connectivity index is 0.838. The molecule has 0 aliphatic carbocycles. The highest BCUT2D eigenvalue weighted by Crippen LogP contribution is 2.41. The van der Waals surface area contributed by atoms with Crippen LogP contribution in [0.15, 0.2) is 236 Å². The Morgan fingerprint density at radius 3 is 1.56 bits per heavy atom. The Morgan fingerprint density at radius 2 is 1.05 bits per heavy atom. The minimum Gasteiger partial charge on any atom is -0.387 e. The van der Waals surface area contributed by atoms with Crippen LogP contribution in [0.25, 0.3) is 99.6 Å². The molecular formula is C64H49N9. The van der Waals surface area contributed by atoms with E-state index in [1.54, 1.807) is 6.20 Å². The molecule has 0 fully saturated rings. The molecule has 9 heteroatoms. The van der Waals surface area contributed by atoms with Crippen LogP contribution in [0.2, 0.25) is 0 Å². The van der Waals surface area contributed by atoms with Gasteiger partial charge in [-0.05, 0) is 126 Å². The first kappa shape index (κ1) is 43.5. The summed E-state index contributed by atoms with van der Waals surface area (Å²) in [5.41, 5.74) is 17.8. The molecule has 0 spiro atoms. The van der Waals surface area contributed by atoms with Gasteiger partial charge in [0.05, 0.1) is 28.8 Å². The molecule has 9 heterocycles. The molecule has 350 valence electrons. The van der Waals surface area contributed by atoms with Gasteiger partial charge in [-0.25, -0.2) is 0 Å². The molecular weight excluding hydrogens is 895 g/mol. The smallest absolute Gasteiger partial charge is 0.0886 e. The van der Waals surface area contributed by atoms with Gasteiger partial charge in [-0.3, -0.25) is 24.9 Å². The molecule has 0 bridgehead atoms. The van der Waals surface area contributed by atoms with Crippen LogP contribution in [0.5, 0.6) is 0 Å². The van der Waals surface area contributed by atoms with Crippen LogP contribution in [0, 0.1) is 0 Å². The molecule has 4 aromatic carbocycles. The van der Waals surface area contributed by atoms with E-state index in [9.17, 15) is 0 Å². The van der Waals surface area contributed by atoms with Gasteiger partial charge in [0.15, 0.2) is 0 Å². The van der Waals surface area contributed by atoms with E-state index in [-0.39, 0.29) is 6.04 Å². The zero-order chi connectivity index (χ0) is 48.7. The first-order chi connectivity index (χ1) is 36.0. The number of fused-ring (bicyclic) bond motifs is 6. The van der Waals surface area contributed by atoms with Crippen molar-refractivity contribution in [2.24, 2.45) is 0 Å². The number of hydrogen-bond acceptors (Lipinski definition) is 9. The van der Waals surface area contributed by atoms with Gasteiger partial charge in [0.1, 0.15) is 0 Å². The summed E-state index contributed by atoms with van der Waals surface area (Å²) in [4.78, 5) is 25.8. The van der Waals surface area contributed by atoms with Gasteiger partial charge in [-0.15, -0.1) is 0 Å². The Hall–Kier alpha value is -9.47. The number of pyridine rings is 5. The van der Waals surface area contributed by atoms with Crippen LogP contribution >= 0.6 is 0 Å². The molecule has 3 N–H and O–H groups in total. The minimum absolute atomic E-state index is 0.0556. The minimum atomic E-state index is 0.0556. The van der Waals surface area contributed by atoms with E-state index in [1.165, 1.54) is 43.5 Å². The topological polar surface area (TPSA) is 104 Å². The van der Waals surface area contributed by atoms with Gasteiger partial charge in [0.25, 0.3) is 0 Å². The van der Waals surface area contributed by atoms with Gasteiger partial charge in [0.2, 0.25) is 0 Å². The summed E-state index contributed by atoms with van der Waals surface area (Å²) >= 11 is 0. The molecule has 4 aliphatic rings. The first-order valence-corrected chi connectivity index (χ1v) is 24.7. The molecule has 4 aliphatic heterocycles. The number of dihydropyridines is 3. The van der Waals surface area contributed by atoms with Gasteiger partial charge >= 0.3 is 0 Å². The van der Waals surface area contributed by atoms with E-state index >= 15 is 0 Å². The van der Waals surface area contributed by atoms with E-state index in [1.807, 2.05) is 49.2 Å². The van der Waals surface area contributed by atoms with E-state index in [2.05, 4.69) is 197 Å². The normalized spacial score (nSPS) is 16.3. The zero-order valence-electron chi connectivity index (χ0n) is 40.2. The third kappa shape index (κ3) is 8.57. The lowest BCUT2D eigenvalue weighted by atomic mass is 9.89. The molecule has 5 aromatic heterocycles. The van der Waals surface area contributed by atoms with Gasteiger partial charge < -0.3 is 20.9 Å². The van der Waals surface area contributed by atoms with E-state index < -0.39 is 0 Å². The summed E-state index contributed by atoms with van der Waals surface area (Å²) in [6.45, 7) is 2.57. The predicted molar refractivity (Wildman–Crippen MR) is 298 cm³/mol. The largest absolute Gasteiger partial charge is 0.387 e. The van der Waals surface area contributed by atoms with Crippen molar-refractivity contribution in [3.05, 3.63) is 248 Å². The standard InChI is InChI=1S/C64H49N9/c1-73-28-4-7-52(40-73)51-16-25-64(72-39-51)61-22-13-48(36-69-61)43-10-19-55-57-30-41(46-11-20-59(67-34-46)62-23-14-49(37-70-62)44-5-2-26-65-32-44)8-17-53(57)56-29-42(9-18-54(56)58(55)31-43)47-12-21-60(68-35-47)63-24-15-50(38-71-63)45-6-3-27-66-33-45/h2-25,27,29-36,38-40,59,65,67,70H,26,28,37H2,1H3. The molecule has 9 nitrogen and oxygen atoms in total. The van der Waals surface area contributed by atoms with E-state index in [0.717, 1.165) is 104 Å². The maximum atomic E-state index is 4.93. The quantitative estimate of drug-likeness (QED) is 0.122. The zero-order valence-corrected chi connectivity index (χ0v) is 40.2. The number of nitrogens with zero attached hydrogens (tertiary/aromatic N) is 6.